The zero-order chi connectivity index (χ0) is 19.2. The third-order valence-corrected chi connectivity index (χ3v) is 4.22. The molecule has 0 aliphatic heterocycles. The van der Waals surface area contributed by atoms with Crippen molar-refractivity contribution in [1.29, 1.82) is 0 Å². The second-order valence-electron chi connectivity index (χ2n) is 5.61. The van der Waals surface area contributed by atoms with Crippen LogP contribution >= 0.6 is 23.2 Å². The Kier molecular flexibility index (Phi) is 6.11. The molecule has 1 N–H and O–H groups in total. The normalized spacial score (nSPS) is 11.3. The highest BCUT2D eigenvalue weighted by Crippen LogP contribution is 2.27. The Morgan fingerprint density at radius 1 is 1.22 bits per heavy atom. The van der Waals surface area contributed by atoms with Crippen molar-refractivity contribution in [3.8, 4) is 11.4 Å². The molecule has 0 radical (unpaired) electrons. The number of amides is 1. The standard InChI is InChI=1S/C19H16Cl2N4O2/c1-13(14-2-5-16(6-3-14)25-9-8-22-12-25)23-24-19(26)11-27-18-7-4-15(20)10-17(18)21/h2-10,12H,11H2,1H3,(H,24,26)/b23-13-. The summed E-state index contributed by atoms with van der Waals surface area (Å²) >= 11 is 11.8. The van der Waals surface area contributed by atoms with Crippen LogP contribution < -0.4 is 10.2 Å². The molecule has 2 aromatic carbocycles. The van der Waals surface area contributed by atoms with Gasteiger partial charge in [0.2, 0.25) is 0 Å². The number of carbonyl (C=O) groups excluding carboxylic acids is 1. The van der Waals surface area contributed by atoms with Crippen LogP contribution in [0.3, 0.4) is 0 Å². The molecule has 138 valence electrons. The fourth-order valence-electron chi connectivity index (χ4n) is 2.27. The summed E-state index contributed by atoms with van der Waals surface area (Å²) in [6.07, 6.45) is 5.31. The molecule has 1 heterocycles. The molecule has 3 aromatic rings. The van der Waals surface area contributed by atoms with Crippen molar-refractivity contribution < 1.29 is 9.53 Å². The van der Waals surface area contributed by atoms with Gasteiger partial charge < -0.3 is 9.30 Å². The Balaban J connectivity index is 1.55. The van der Waals surface area contributed by atoms with E-state index in [4.69, 9.17) is 27.9 Å². The number of hydrazone groups is 1. The highest BCUT2D eigenvalue weighted by Gasteiger charge is 2.07. The van der Waals surface area contributed by atoms with Crippen molar-refractivity contribution in [2.24, 2.45) is 5.10 Å². The first-order valence-electron chi connectivity index (χ1n) is 8.02. The van der Waals surface area contributed by atoms with Gasteiger partial charge in [-0.2, -0.15) is 5.10 Å². The molecule has 0 bridgehead atoms. The predicted octanol–water partition coefficient (Wildman–Crippen LogP) is 4.10. The average molecular weight is 403 g/mol. The van der Waals surface area contributed by atoms with Crippen molar-refractivity contribution in [3.63, 3.8) is 0 Å². The molecular formula is C19H16Cl2N4O2. The third-order valence-electron chi connectivity index (χ3n) is 3.69. The molecule has 3 rings (SSSR count). The number of ether oxygens (including phenoxy) is 1. The van der Waals surface area contributed by atoms with E-state index in [9.17, 15) is 4.79 Å². The highest BCUT2D eigenvalue weighted by molar-refractivity contribution is 6.35. The van der Waals surface area contributed by atoms with Gasteiger partial charge in [-0.15, -0.1) is 0 Å². The summed E-state index contributed by atoms with van der Waals surface area (Å²) in [5.74, 6) is -0.0117. The maximum absolute atomic E-state index is 11.9. The first kappa shape index (κ1) is 18.9. The summed E-state index contributed by atoms with van der Waals surface area (Å²) in [5.41, 5.74) is 5.01. The number of rotatable bonds is 6. The van der Waals surface area contributed by atoms with Crippen molar-refractivity contribution in [3.05, 3.63) is 76.8 Å². The molecular weight excluding hydrogens is 387 g/mol. The Morgan fingerprint density at radius 3 is 2.67 bits per heavy atom. The van der Waals surface area contributed by atoms with Crippen LogP contribution in [-0.2, 0) is 4.79 Å². The van der Waals surface area contributed by atoms with Gasteiger partial charge in [0.05, 0.1) is 17.1 Å². The molecule has 27 heavy (non-hydrogen) atoms. The lowest BCUT2D eigenvalue weighted by Crippen LogP contribution is -2.25. The third kappa shape index (κ3) is 5.09. The summed E-state index contributed by atoms with van der Waals surface area (Å²) in [6.45, 7) is 1.60. The van der Waals surface area contributed by atoms with Crippen LogP contribution in [0.4, 0.5) is 0 Å². The largest absolute Gasteiger partial charge is 0.482 e. The van der Waals surface area contributed by atoms with E-state index in [1.165, 1.54) is 0 Å². The van der Waals surface area contributed by atoms with Gasteiger partial charge in [-0.25, -0.2) is 10.4 Å². The smallest absolute Gasteiger partial charge is 0.277 e. The van der Waals surface area contributed by atoms with Gasteiger partial charge in [-0.05, 0) is 42.8 Å². The SMILES string of the molecule is C/C(=N/NC(=O)COc1ccc(Cl)cc1Cl)c1ccc(-n2ccnc2)cc1. The minimum absolute atomic E-state index is 0.211. The number of aromatic nitrogens is 2. The van der Waals surface area contributed by atoms with E-state index < -0.39 is 5.91 Å². The van der Waals surface area contributed by atoms with Gasteiger partial charge in [0, 0.05) is 23.1 Å². The van der Waals surface area contributed by atoms with E-state index in [-0.39, 0.29) is 6.61 Å². The Bertz CT molecular complexity index is 954. The molecule has 6 nitrogen and oxygen atoms in total. The minimum atomic E-state index is -0.393. The molecule has 0 aliphatic carbocycles. The lowest BCUT2D eigenvalue weighted by molar-refractivity contribution is -0.123. The topological polar surface area (TPSA) is 68.5 Å². The minimum Gasteiger partial charge on any atom is -0.482 e. The average Bonchev–Trinajstić information content (AvgIpc) is 3.20. The maximum Gasteiger partial charge on any atom is 0.277 e. The second-order valence-corrected chi connectivity index (χ2v) is 6.46. The number of hydrogen-bond acceptors (Lipinski definition) is 4. The molecule has 0 fully saturated rings. The van der Waals surface area contributed by atoms with Crippen LogP contribution in [0.2, 0.25) is 10.0 Å². The van der Waals surface area contributed by atoms with E-state index in [1.807, 2.05) is 42.0 Å². The summed E-state index contributed by atoms with van der Waals surface area (Å²) in [7, 11) is 0. The zero-order valence-electron chi connectivity index (χ0n) is 14.4. The Morgan fingerprint density at radius 2 is 2.00 bits per heavy atom. The fraction of sp³-hybridized carbons (Fsp3) is 0.105. The summed E-state index contributed by atoms with van der Waals surface area (Å²) in [5, 5.41) is 4.94. The van der Waals surface area contributed by atoms with Gasteiger partial charge in [0.1, 0.15) is 5.75 Å². The molecule has 0 spiro atoms. The van der Waals surface area contributed by atoms with E-state index >= 15 is 0 Å². The molecule has 8 heteroatoms. The number of halogens is 2. The van der Waals surface area contributed by atoms with Crippen molar-refractivity contribution in [1.82, 2.24) is 15.0 Å². The Hall–Kier alpha value is -2.83. The highest BCUT2D eigenvalue weighted by atomic mass is 35.5. The fourth-order valence-corrected chi connectivity index (χ4v) is 2.73. The molecule has 1 aromatic heterocycles. The first-order chi connectivity index (χ1) is 13.0. The van der Waals surface area contributed by atoms with Crippen LogP contribution in [0.5, 0.6) is 5.75 Å². The van der Waals surface area contributed by atoms with Gasteiger partial charge in [-0.1, -0.05) is 35.3 Å². The van der Waals surface area contributed by atoms with Crippen molar-refractivity contribution in [2.45, 2.75) is 6.92 Å². The number of hydrogen-bond donors (Lipinski definition) is 1. The molecule has 0 atom stereocenters. The van der Waals surface area contributed by atoms with E-state index in [2.05, 4.69) is 15.5 Å². The first-order valence-corrected chi connectivity index (χ1v) is 8.78. The van der Waals surface area contributed by atoms with Crippen LogP contribution in [0.25, 0.3) is 5.69 Å². The monoisotopic (exact) mass is 402 g/mol. The lowest BCUT2D eigenvalue weighted by Gasteiger charge is -2.08. The van der Waals surface area contributed by atoms with Crippen LogP contribution in [0.1, 0.15) is 12.5 Å². The lowest BCUT2D eigenvalue weighted by atomic mass is 10.1. The molecule has 0 unspecified atom stereocenters. The Labute approximate surface area is 166 Å². The molecule has 0 saturated carbocycles. The molecule has 0 aliphatic rings. The number of nitrogens with zero attached hydrogens (tertiary/aromatic N) is 3. The van der Waals surface area contributed by atoms with Gasteiger partial charge in [0.25, 0.3) is 5.91 Å². The van der Waals surface area contributed by atoms with Crippen LogP contribution in [0.15, 0.2) is 66.3 Å². The summed E-state index contributed by atoms with van der Waals surface area (Å²) in [4.78, 5) is 15.9. The van der Waals surface area contributed by atoms with E-state index in [0.29, 0.717) is 21.5 Å². The van der Waals surface area contributed by atoms with Gasteiger partial charge in [-0.3, -0.25) is 4.79 Å². The number of imidazole rings is 1. The van der Waals surface area contributed by atoms with E-state index in [1.54, 1.807) is 30.7 Å². The zero-order valence-corrected chi connectivity index (χ0v) is 15.9. The van der Waals surface area contributed by atoms with Crippen molar-refractivity contribution in [2.75, 3.05) is 6.61 Å². The quantitative estimate of drug-likeness (QED) is 0.498. The predicted molar refractivity (Wildman–Crippen MR) is 106 cm³/mol. The van der Waals surface area contributed by atoms with Gasteiger partial charge in [0.15, 0.2) is 6.61 Å². The van der Waals surface area contributed by atoms with Crippen molar-refractivity contribution >= 4 is 34.8 Å². The molecule has 1 amide bonds. The van der Waals surface area contributed by atoms with Gasteiger partial charge >= 0.3 is 0 Å². The summed E-state index contributed by atoms with van der Waals surface area (Å²) in [6, 6.07) is 12.5. The number of carbonyl (C=O) groups is 1. The van der Waals surface area contributed by atoms with E-state index in [0.717, 1.165) is 11.3 Å². The maximum atomic E-state index is 11.9. The van der Waals surface area contributed by atoms with Crippen LogP contribution in [-0.4, -0.2) is 27.8 Å². The van der Waals surface area contributed by atoms with Crippen LogP contribution in [0, 0.1) is 0 Å². The second kappa shape index (κ2) is 8.70. The summed E-state index contributed by atoms with van der Waals surface area (Å²) < 4.78 is 7.27. The number of benzene rings is 2. The number of nitrogens with one attached hydrogen (secondary N) is 1. The molecule has 0 saturated heterocycles.